The van der Waals surface area contributed by atoms with Crippen molar-refractivity contribution >= 4 is 0 Å². The zero-order chi connectivity index (χ0) is 14.8. The number of aryl methyl sites for hydroxylation is 1. The first-order valence-electron chi connectivity index (χ1n) is 7.25. The number of fused-ring (bicyclic) bond motifs is 1. The van der Waals surface area contributed by atoms with Gasteiger partial charge in [-0.15, -0.1) is 0 Å². The summed E-state index contributed by atoms with van der Waals surface area (Å²) in [6.07, 6.45) is 0. The number of nitrogens with one attached hydrogen (secondary N) is 1. The highest BCUT2D eigenvalue weighted by atomic mass is 16.5. The molecule has 1 aliphatic rings. The summed E-state index contributed by atoms with van der Waals surface area (Å²) in [6, 6.07) is 12.9. The molecule has 3 nitrogen and oxygen atoms in total. The number of hydrogen-bond donors (Lipinski definition) is 1. The van der Waals surface area contributed by atoms with Crippen molar-refractivity contribution in [3.05, 3.63) is 58.7 Å². The van der Waals surface area contributed by atoms with Gasteiger partial charge in [-0.2, -0.15) is 0 Å². The van der Waals surface area contributed by atoms with Crippen LogP contribution in [-0.2, 0) is 6.54 Å². The predicted molar refractivity (Wildman–Crippen MR) is 84.3 cm³/mol. The first-order chi connectivity index (χ1) is 10.2. The van der Waals surface area contributed by atoms with Gasteiger partial charge in [0.25, 0.3) is 0 Å². The van der Waals surface area contributed by atoms with Gasteiger partial charge in [-0.3, -0.25) is 0 Å². The lowest BCUT2D eigenvalue weighted by Crippen LogP contribution is -2.28. The van der Waals surface area contributed by atoms with E-state index in [9.17, 15) is 0 Å². The molecule has 110 valence electrons. The lowest BCUT2D eigenvalue weighted by molar-refractivity contribution is 0.354. The summed E-state index contributed by atoms with van der Waals surface area (Å²) in [4.78, 5) is 0. The van der Waals surface area contributed by atoms with Crippen LogP contribution in [0.25, 0.3) is 0 Å². The van der Waals surface area contributed by atoms with Crippen LogP contribution in [0.15, 0.2) is 36.4 Å². The van der Waals surface area contributed by atoms with E-state index in [2.05, 4.69) is 42.6 Å². The smallest absolute Gasteiger partial charge is 0.161 e. The Morgan fingerprint density at radius 1 is 1.00 bits per heavy atom. The number of ether oxygens (including phenoxy) is 2. The van der Waals surface area contributed by atoms with Crippen LogP contribution >= 0.6 is 0 Å². The Labute approximate surface area is 125 Å². The lowest BCUT2D eigenvalue weighted by atomic mass is 9.84. The first kappa shape index (κ1) is 14.0. The van der Waals surface area contributed by atoms with E-state index in [1.165, 1.54) is 22.3 Å². The summed E-state index contributed by atoms with van der Waals surface area (Å²) in [5.41, 5.74) is 5.36. The number of rotatable bonds is 3. The molecule has 1 N–H and O–H groups in total. The van der Waals surface area contributed by atoms with Gasteiger partial charge in [0.15, 0.2) is 11.5 Å². The molecule has 2 aromatic carbocycles. The SMILES string of the molecule is COc1ccc(C2CNCc3ccc(C)cc32)cc1OC. The van der Waals surface area contributed by atoms with Crippen molar-refractivity contribution in [2.75, 3.05) is 20.8 Å². The Bertz CT molecular complexity index is 652. The number of hydrogen-bond acceptors (Lipinski definition) is 3. The van der Waals surface area contributed by atoms with Crippen molar-refractivity contribution in [3.8, 4) is 11.5 Å². The molecule has 0 radical (unpaired) electrons. The molecule has 1 atom stereocenters. The predicted octanol–water partition coefficient (Wildman–Crippen LogP) is 3.25. The second-order valence-corrected chi connectivity index (χ2v) is 5.50. The quantitative estimate of drug-likeness (QED) is 0.938. The van der Waals surface area contributed by atoms with Crippen LogP contribution in [-0.4, -0.2) is 20.8 Å². The minimum Gasteiger partial charge on any atom is -0.493 e. The van der Waals surface area contributed by atoms with E-state index in [4.69, 9.17) is 9.47 Å². The maximum Gasteiger partial charge on any atom is 0.161 e. The van der Waals surface area contributed by atoms with Gasteiger partial charge in [0, 0.05) is 19.0 Å². The van der Waals surface area contributed by atoms with E-state index in [1.807, 2.05) is 6.07 Å². The summed E-state index contributed by atoms with van der Waals surface area (Å²) >= 11 is 0. The first-order valence-corrected chi connectivity index (χ1v) is 7.25. The average molecular weight is 283 g/mol. The molecule has 0 saturated carbocycles. The van der Waals surface area contributed by atoms with Crippen molar-refractivity contribution in [1.29, 1.82) is 0 Å². The van der Waals surface area contributed by atoms with Gasteiger partial charge in [0.1, 0.15) is 0 Å². The summed E-state index contributed by atoms with van der Waals surface area (Å²) in [6.45, 7) is 4.04. The maximum absolute atomic E-state index is 5.43. The van der Waals surface area contributed by atoms with Gasteiger partial charge in [0.2, 0.25) is 0 Å². The number of methoxy groups -OCH3 is 2. The molecule has 0 aromatic heterocycles. The molecule has 21 heavy (non-hydrogen) atoms. The van der Waals surface area contributed by atoms with Crippen LogP contribution < -0.4 is 14.8 Å². The molecule has 0 saturated heterocycles. The highest BCUT2D eigenvalue weighted by Crippen LogP contribution is 2.35. The fourth-order valence-electron chi connectivity index (χ4n) is 3.03. The molecule has 1 aliphatic heterocycles. The zero-order valence-electron chi connectivity index (χ0n) is 12.8. The summed E-state index contributed by atoms with van der Waals surface area (Å²) in [7, 11) is 3.34. The number of benzene rings is 2. The Hall–Kier alpha value is -2.00. The second-order valence-electron chi connectivity index (χ2n) is 5.50. The largest absolute Gasteiger partial charge is 0.493 e. The van der Waals surface area contributed by atoms with Gasteiger partial charge < -0.3 is 14.8 Å². The monoisotopic (exact) mass is 283 g/mol. The Morgan fingerprint density at radius 2 is 1.81 bits per heavy atom. The minimum atomic E-state index is 0.355. The van der Waals surface area contributed by atoms with Crippen LogP contribution in [0.3, 0.4) is 0 Å². The highest BCUT2D eigenvalue weighted by molar-refractivity contribution is 5.48. The molecule has 2 aromatic rings. The van der Waals surface area contributed by atoms with Gasteiger partial charge in [0.05, 0.1) is 14.2 Å². The van der Waals surface area contributed by atoms with E-state index in [0.29, 0.717) is 5.92 Å². The van der Waals surface area contributed by atoms with Gasteiger partial charge in [-0.1, -0.05) is 29.8 Å². The molecule has 3 rings (SSSR count). The third kappa shape index (κ3) is 2.61. The summed E-state index contributed by atoms with van der Waals surface area (Å²) < 4.78 is 10.8. The fourth-order valence-corrected chi connectivity index (χ4v) is 3.03. The summed E-state index contributed by atoms with van der Waals surface area (Å²) in [5, 5.41) is 3.50. The molecule has 0 spiro atoms. The molecule has 0 aliphatic carbocycles. The van der Waals surface area contributed by atoms with Crippen molar-refractivity contribution in [1.82, 2.24) is 5.32 Å². The topological polar surface area (TPSA) is 30.5 Å². The van der Waals surface area contributed by atoms with E-state index < -0.39 is 0 Å². The average Bonchev–Trinajstić information content (AvgIpc) is 2.53. The Kier molecular flexibility index (Phi) is 3.84. The van der Waals surface area contributed by atoms with Crippen LogP contribution in [0.2, 0.25) is 0 Å². The Balaban J connectivity index is 2.04. The maximum atomic E-state index is 5.43. The van der Waals surface area contributed by atoms with Crippen LogP contribution in [0, 0.1) is 6.92 Å². The van der Waals surface area contributed by atoms with Crippen molar-refractivity contribution in [3.63, 3.8) is 0 Å². The normalized spacial score (nSPS) is 17.2. The van der Waals surface area contributed by atoms with Gasteiger partial charge in [-0.25, -0.2) is 0 Å². The fraction of sp³-hybridized carbons (Fsp3) is 0.333. The van der Waals surface area contributed by atoms with Crippen LogP contribution in [0.5, 0.6) is 11.5 Å². The molecule has 0 amide bonds. The standard InChI is InChI=1S/C18H21NO2/c1-12-4-5-14-10-19-11-16(15(14)8-12)13-6-7-17(20-2)18(9-13)21-3/h4-9,16,19H,10-11H2,1-3H3. The third-order valence-corrected chi connectivity index (χ3v) is 4.15. The third-order valence-electron chi connectivity index (χ3n) is 4.15. The van der Waals surface area contributed by atoms with Gasteiger partial charge >= 0.3 is 0 Å². The van der Waals surface area contributed by atoms with E-state index >= 15 is 0 Å². The molecule has 1 unspecified atom stereocenters. The van der Waals surface area contributed by atoms with Gasteiger partial charge in [-0.05, 0) is 35.7 Å². The lowest BCUT2D eigenvalue weighted by Gasteiger charge is -2.27. The zero-order valence-corrected chi connectivity index (χ0v) is 12.8. The molecule has 1 heterocycles. The van der Waals surface area contributed by atoms with Crippen LogP contribution in [0.4, 0.5) is 0 Å². The molecule has 0 fully saturated rings. The van der Waals surface area contributed by atoms with Crippen LogP contribution in [0.1, 0.15) is 28.2 Å². The second kappa shape index (κ2) is 5.78. The van der Waals surface area contributed by atoms with E-state index in [0.717, 1.165) is 24.6 Å². The van der Waals surface area contributed by atoms with E-state index in [1.54, 1.807) is 14.2 Å². The highest BCUT2D eigenvalue weighted by Gasteiger charge is 2.22. The van der Waals surface area contributed by atoms with Crippen molar-refractivity contribution < 1.29 is 9.47 Å². The van der Waals surface area contributed by atoms with E-state index in [-0.39, 0.29) is 0 Å². The molecule has 0 bridgehead atoms. The minimum absolute atomic E-state index is 0.355. The molecular weight excluding hydrogens is 262 g/mol. The molecule has 3 heteroatoms. The Morgan fingerprint density at radius 3 is 2.57 bits per heavy atom. The summed E-state index contributed by atoms with van der Waals surface area (Å²) in [5.74, 6) is 1.91. The van der Waals surface area contributed by atoms with Crippen molar-refractivity contribution in [2.24, 2.45) is 0 Å². The van der Waals surface area contributed by atoms with Crippen molar-refractivity contribution in [2.45, 2.75) is 19.4 Å². The molecular formula is C18H21NO2.